The Morgan fingerprint density at radius 3 is 0.939 bits per heavy atom. The third-order valence-electron chi connectivity index (χ3n) is 22.1. The molecule has 0 bridgehead atoms. The van der Waals surface area contributed by atoms with Gasteiger partial charge in [-0.2, -0.15) is 0 Å². The molecule has 668 valence electrons. The van der Waals surface area contributed by atoms with Crippen LogP contribution in [0, 0.1) is 17.8 Å². The molecule has 3 amide bonds. The van der Waals surface area contributed by atoms with Gasteiger partial charge in [-0.05, 0) is 110 Å². The number of aliphatic hydroxyl groups excluding tert-OH is 10. The lowest BCUT2D eigenvalue weighted by molar-refractivity contribution is -0.282. The fraction of sp³-hybridized carbons (Fsp3) is 0.920. The summed E-state index contributed by atoms with van der Waals surface area (Å²) in [6.45, 7) is 4.98. The van der Waals surface area contributed by atoms with Crippen molar-refractivity contribution in [2.75, 3.05) is 79.1 Å². The van der Waals surface area contributed by atoms with Gasteiger partial charge in [0.1, 0.15) is 54.0 Å². The molecule has 6 heterocycles. The van der Waals surface area contributed by atoms with Crippen LogP contribution >= 0.6 is 23.5 Å². The molecule has 0 aliphatic carbocycles. The van der Waals surface area contributed by atoms with E-state index in [1.165, 1.54) is 28.5 Å². The number of ether oxygens (including phenoxy) is 6. The maximum Gasteiger partial charge on any atom is 0.472 e. The number of β-amino-alcohol motifs (C(OH)–C–C–N with tert-alkyl or cyclic N) is 1. The van der Waals surface area contributed by atoms with E-state index in [1.807, 2.05) is 0 Å². The van der Waals surface area contributed by atoms with Crippen LogP contribution in [0.1, 0.15) is 227 Å². The van der Waals surface area contributed by atoms with Gasteiger partial charge in [0.25, 0.3) is 0 Å². The minimum Gasteiger partial charge on any atom is -0.394 e. The lowest BCUT2D eigenvalue weighted by Crippen LogP contribution is -2.55. The molecule has 6 fully saturated rings. The minimum atomic E-state index is -5.10. The summed E-state index contributed by atoms with van der Waals surface area (Å²) in [7, 11) is -14.7. The number of carbonyl (C=O) groups is 6. The molecule has 115 heavy (non-hydrogen) atoms. The topological polar surface area (TPSA) is 537 Å². The third-order valence-corrected chi connectivity index (χ3v) is 25.3. The number of carbonyl (C=O) groups excluding carboxylic acids is 6. The standard InChI is InChI=1S/C75H134N3O34P3/c1-48(2)110-113(95,96)104-46-53-37-59(40-77(53)65(87)31-16-10-7-13-25-56(83)28-19-22-34-102-74-50(4)68(90)71(93)62(43-80)108-74)112-115(99,100)106-47-54-38-60(41-78(54)66(88)32-17-11-8-14-26-57(84)29-20-23-35-103-75-51(5)69(91)72(94)63(44-81)109-75)111-114(97,98)105-45-52-36-58(85)39-76(52)64(86)30-15-9-6-12-24-55(82)27-18-21-33-101-73-49(3)67(89)70(92)61(42-79)107-73/h48-54,58-63,67-75,79-81,85,89-94H,6-47H2,1-5H3,(H,95,96)(H,97,98)(H,99,100)/t49?,50?,51?,52?,53-,54?,58+,59+,60+,61?,62?,63?,67?,68?,69?,70?,71?,72?,73?,74?,75?/m0/s1. The van der Waals surface area contributed by atoms with Crippen LogP contribution in [0.2, 0.25) is 0 Å². The molecule has 0 aromatic carbocycles. The van der Waals surface area contributed by atoms with E-state index in [0.717, 1.165) is 0 Å². The monoisotopic (exact) mass is 1710 g/mol. The molecule has 0 spiro atoms. The zero-order chi connectivity index (χ0) is 84.6. The van der Waals surface area contributed by atoms with Gasteiger partial charge in [-0.3, -0.25) is 55.9 Å². The van der Waals surface area contributed by atoms with Crippen molar-refractivity contribution in [3.63, 3.8) is 0 Å². The first kappa shape index (κ1) is 101. The number of ketones is 3. The number of Topliss-reactive ketones (excluding diaryl/α,β-unsaturated/α-hetero) is 3. The summed E-state index contributed by atoms with van der Waals surface area (Å²) < 4.78 is 107. The van der Waals surface area contributed by atoms with Crippen LogP contribution in [0.4, 0.5) is 0 Å². The molecule has 6 aliphatic heterocycles. The van der Waals surface area contributed by atoms with E-state index in [1.54, 1.807) is 20.8 Å². The molecule has 20 unspecified atom stereocenters. The normalized spacial score (nSPS) is 31.5. The number of rotatable bonds is 57. The van der Waals surface area contributed by atoms with Crippen molar-refractivity contribution in [3.05, 3.63) is 0 Å². The number of likely N-dealkylation sites (tertiary alicyclic amines) is 3. The SMILES string of the molecule is CC(C)OP(=O)(O)OC[C@@H]1C[C@@H](OP(=O)(O)OCC2C[C@@H](OP(=O)(O)OCC3C[C@@H](O)CN3C(=O)CCCCCCC(=O)CCCCOC3OC(CO)C(O)C(O)C3C)CN2C(=O)CCCCCCC(=O)CCCCOC2OC(CO)C(O)C(O)C2C)CN1C(=O)CCCCCCC(=O)CCCCOC1OC(CO)C(O)C(O)C1C. The van der Waals surface area contributed by atoms with Crippen molar-refractivity contribution in [1.82, 2.24) is 14.7 Å². The fourth-order valence-electron chi connectivity index (χ4n) is 15.2. The highest BCUT2D eigenvalue weighted by molar-refractivity contribution is 7.48. The van der Waals surface area contributed by atoms with E-state index in [0.29, 0.717) is 154 Å². The third kappa shape index (κ3) is 34.7. The van der Waals surface area contributed by atoms with Gasteiger partial charge >= 0.3 is 23.5 Å². The largest absolute Gasteiger partial charge is 0.472 e. The van der Waals surface area contributed by atoms with Crippen molar-refractivity contribution < 1.29 is 164 Å². The average Bonchev–Trinajstić information content (AvgIpc) is 1.80. The van der Waals surface area contributed by atoms with E-state index in [9.17, 15) is 108 Å². The molecule has 0 saturated carbocycles. The van der Waals surface area contributed by atoms with E-state index < -0.39 is 209 Å². The number of phosphoric acid groups is 3. The molecular formula is C75H134N3O34P3. The van der Waals surface area contributed by atoms with Crippen LogP contribution < -0.4 is 0 Å². The minimum absolute atomic E-state index is 0.00143. The Kier molecular flexibility index (Phi) is 45.0. The molecule has 40 heteroatoms. The highest BCUT2D eigenvalue weighted by Crippen LogP contribution is 2.51. The Morgan fingerprint density at radius 1 is 0.374 bits per heavy atom. The van der Waals surface area contributed by atoms with E-state index >= 15 is 0 Å². The maximum atomic E-state index is 14.1. The summed E-state index contributed by atoms with van der Waals surface area (Å²) in [5.41, 5.74) is 0. The van der Waals surface area contributed by atoms with E-state index in [2.05, 4.69) is 0 Å². The van der Waals surface area contributed by atoms with Crippen molar-refractivity contribution >= 4 is 58.5 Å². The summed E-state index contributed by atoms with van der Waals surface area (Å²) in [6.07, 6.45) is -5.24. The first-order chi connectivity index (χ1) is 54.6. The van der Waals surface area contributed by atoms with Gasteiger partial charge in [0.2, 0.25) is 17.7 Å². The Labute approximate surface area is 674 Å². The summed E-state index contributed by atoms with van der Waals surface area (Å²) >= 11 is 0. The molecule has 0 aromatic heterocycles. The van der Waals surface area contributed by atoms with Crippen LogP contribution in [0.5, 0.6) is 0 Å². The smallest absolute Gasteiger partial charge is 0.394 e. The first-order valence-electron chi connectivity index (χ1n) is 41.4. The number of amides is 3. The lowest BCUT2D eigenvalue weighted by Gasteiger charge is -2.40. The number of hydrogen-bond acceptors (Lipinski definition) is 31. The second-order valence-corrected chi connectivity index (χ2v) is 36.1. The molecule has 24 atom stereocenters. The number of phosphoric ester groups is 3. The first-order valence-corrected chi connectivity index (χ1v) is 45.9. The summed E-state index contributed by atoms with van der Waals surface area (Å²) in [5, 5.41) is 100. The van der Waals surface area contributed by atoms with Gasteiger partial charge in [0.05, 0.1) is 100 Å². The number of unbranched alkanes of at least 4 members (excludes halogenated alkanes) is 12. The summed E-state index contributed by atoms with van der Waals surface area (Å²) in [6, 6.07) is -2.80. The van der Waals surface area contributed by atoms with Gasteiger partial charge in [-0.1, -0.05) is 59.3 Å². The highest BCUT2D eigenvalue weighted by atomic mass is 31.2. The molecule has 6 aliphatic rings. The van der Waals surface area contributed by atoms with Crippen molar-refractivity contribution in [1.29, 1.82) is 0 Å². The fourth-order valence-corrected chi connectivity index (χ4v) is 18.1. The molecule has 0 radical (unpaired) electrons. The lowest BCUT2D eigenvalue weighted by atomic mass is 9.92. The van der Waals surface area contributed by atoms with Crippen LogP contribution in [-0.2, 0) is 98.0 Å². The van der Waals surface area contributed by atoms with Crippen LogP contribution in [-0.4, -0.2) is 311 Å². The molecule has 6 rings (SSSR count). The number of nitrogens with zero attached hydrogens (tertiary/aromatic N) is 3. The quantitative estimate of drug-likeness (QED) is 0.0299. The zero-order valence-electron chi connectivity index (χ0n) is 67.5. The van der Waals surface area contributed by atoms with Gasteiger partial charge in [-0.25, -0.2) is 13.7 Å². The Hall–Kier alpha value is -2.89. The maximum absolute atomic E-state index is 14.1. The Morgan fingerprint density at radius 2 is 0.643 bits per heavy atom. The second-order valence-electron chi connectivity index (χ2n) is 31.9. The van der Waals surface area contributed by atoms with Crippen LogP contribution in [0.25, 0.3) is 0 Å². The number of aliphatic hydroxyl groups is 10. The van der Waals surface area contributed by atoms with Gasteiger partial charge < -0.3 is 109 Å². The Bertz CT molecular complexity index is 3050. The summed E-state index contributed by atoms with van der Waals surface area (Å²) in [5.74, 6) is -2.66. The van der Waals surface area contributed by atoms with Crippen molar-refractivity contribution in [2.45, 2.75) is 344 Å². The predicted octanol–water partition coefficient (Wildman–Crippen LogP) is 4.21. The molecule has 0 aromatic rings. The highest BCUT2D eigenvalue weighted by Gasteiger charge is 2.48. The number of hydrogen-bond donors (Lipinski definition) is 13. The van der Waals surface area contributed by atoms with Crippen molar-refractivity contribution in [2.24, 2.45) is 17.8 Å². The molecular weight excluding hydrogens is 1580 g/mol. The molecule has 37 nitrogen and oxygen atoms in total. The zero-order valence-corrected chi connectivity index (χ0v) is 70.2. The van der Waals surface area contributed by atoms with E-state index in [-0.39, 0.29) is 101 Å². The predicted molar refractivity (Wildman–Crippen MR) is 408 cm³/mol. The van der Waals surface area contributed by atoms with Crippen molar-refractivity contribution in [3.8, 4) is 0 Å². The van der Waals surface area contributed by atoms with Crippen LogP contribution in [0.15, 0.2) is 0 Å². The summed E-state index contributed by atoms with van der Waals surface area (Å²) in [4.78, 5) is 117. The van der Waals surface area contributed by atoms with Gasteiger partial charge in [0, 0.05) is 115 Å². The second kappa shape index (κ2) is 51.3. The van der Waals surface area contributed by atoms with Gasteiger partial charge in [-0.15, -0.1) is 0 Å². The van der Waals surface area contributed by atoms with Gasteiger partial charge in [0.15, 0.2) is 18.9 Å². The van der Waals surface area contributed by atoms with E-state index in [4.69, 9.17) is 55.6 Å². The molecule has 6 saturated heterocycles. The van der Waals surface area contributed by atoms with Crippen LogP contribution in [0.3, 0.4) is 0 Å². The molecule has 13 N–H and O–H groups in total. The average molecular weight is 1710 g/mol. The Balaban J connectivity index is 0.965.